The first kappa shape index (κ1) is 9.17. The highest BCUT2D eigenvalue weighted by atomic mass is 16.3. The van der Waals surface area contributed by atoms with E-state index in [1.54, 1.807) is 5.57 Å². The molecular formula is C14H16O. The summed E-state index contributed by atoms with van der Waals surface area (Å²) in [5, 5.41) is 9.43. The number of aliphatic hydroxyl groups is 1. The van der Waals surface area contributed by atoms with Crippen LogP contribution in [-0.4, -0.2) is 11.7 Å². The largest absolute Gasteiger partial charge is 0.396 e. The van der Waals surface area contributed by atoms with Gasteiger partial charge in [-0.2, -0.15) is 0 Å². The molecule has 1 nitrogen and oxygen atoms in total. The number of fused-ring (bicyclic) bond motifs is 2. The Morgan fingerprint density at radius 1 is 1.27 bits per heavy atom. The molecule has 15 heavy (non-hydrogen) atoms. The summed E-state index contributed by atoms with van der Waals surface area (Å²) in [6.07, 6.45) is 4.77. The smallest absolute Gasteiger partial charge is 0.0499 e. The Bertz CT molecular complexity index is 417. The zero-order valence-electron chi connectivity index (χ0n) is 8.87. The molecule has 1 aromatic carbocycles. The highest BCUT2D eigenvalue weighted by molar-refractivity contribution is 5.78. The first-order chi connectivity index (χ1) is 7.40. The van der Waals surface area contributed by atoms with Gasteiger partial charge in [-0.1, -0.05) is 29.8 Å². The van der Waals surface area contributed by atoms with Crippen LogP contribution in [-0.2, 0) is 6.42 Å². The minimum absolute atomic E-state index is 0.313. The molecule has 0 aromatic heterocycles. The van der Waals surface area contributed by atoms with E-state index in [1.165, 1.54) is 29.5 Å². The molecule has 2 aliphatic carbocycles. The van der Waals surface area contributed by atoms with E-state index in [0.29, 0.717) is 12.5 Å². The van der Waals surface area contributed by atoms with Crippen molar-refractivity contribution in [2.24, 2.45) is 5.92 Å². The fraction of sp³-hybridized carbons (Fsp3) is 0.429. The van der Waals surface area contributed by atoms with E-state index in [1.807, 2.05) is 0 Å². The predicted octanol–water partition coefficient (Wildman–Crippen LogP) is 2.79. The number of hydrogen-bond acceptors (Lipinski definition) is 1. The highest BCUT2D eigenvalue weighted by Crippen LogP contribution is 2.44. The fourth-order valence-corrected chi connectivity index (χ4v) is 3.07. The number of rotatable bonds is 1. The van der Waals surface area contributed by atoms with E-state index < -0.39 is 0 Å². The van der Waals surface area contributed by atoms with Crippen molar-refractivity contribution in [3.8, 4) is 0 Å². The van der Waals surface area contributed by atoms with Gasteiger partial charge >= 0.3 is 0 Å². The van der Waals surface area contributed by atoms with Crippen LogP contribution < -0.4 is 0 Å². The summed E-state index contributed by atoms with van der Waals surface area (Å²) in [4.78, 5) is 0. The van der Waals surface area contributed by atoms with E-state index in [0.717, 1.165) is 12.8 Å². The third-order valence-corrected chi connectivity index (χ3v) is 3.75. The Labute approximate surface area is 90.4 Å². The molecule has 1 heteroatoms. The van der Waals surface area contributed by atoms with Gasteiger partial charge in [0.1, 0.15) is 0 Å². The van der Waals surface area contributed by atoms with E-state index in [-0.39, 0.29) is 0 Å². The van der Waals surface area contributed by atoms with Crippen LogP contribution in [0.15, 0.2) is 29.8 Å². The van der Waals surface area contributed by atoms with Crippen molar-refractivity contribution in [1.82, 2.24) is 0 Å². The molecule has 78 valence electrons. The van der Waals surface area contributed by atoms with Gasteiger partial charge in [0.2, 0.25) is 0 Å². The van der Waals surface area contributed by atoms with Crippen LogP contribution in [0.25, 0.3) is 5.57 Å². The molecule has 3 rings (SSSR count). The summed E-state index contributed by atoms with van der Waals surface area (Å²) in [5.41, 5.74) is 5.93. The van der Waals surface area contributed by atoms with Crippen molar-refractivity contribution in [2.45, 2.75) is 25.7 Å². The first-order valence-corrected chi connectivity index (χ1v) is 5.81. The molecule has 0 saturated heterocycles. The predicted molar refractivity (Wildman–Crippen MR) is 61.5 cm³/mol. The van der Waals surface area contributed by atoms with Crippen LogP contribution in [0, 0.1) is 5.92 Å². The van der Waals surface area contributed by atoms with Crippen molar-refractivity contribution in [3.05, 3.63) is 41.0 Å². The number of aliphatic hydroxyl groups excluding tert-OH is 1. The quantitative estimate of drug-likeness (QED) is 0.739. The minimum Gasteiger partial charge on any atom is -0.396 e. The van der Waals surface area contributed by atoms with Gasteiger partial charge in [-0.25, -0.2) is 0 Å². The molecule has 1 N–H and O–H groups in total. The highest BCUT2D eigenvalue weighted by Gasteiger charge is 2.29. The van der Waals surface area contributed by atoms with Crippen molar-refractivity contribution in [3.63, 3.8) is 0 Å². The van der Waals surface area contributed by atoms with Crippen LogP contribution in [0.2, 0.25) is 0 Å². The monoisotopic (exact) mass is 200 g/mol. The number of allylic oxidation sites excluding steroid dienone is 1. The fourth-order valence-electron chi connectivity index (χ4n) is 3.07. The van der Waals surface area contributed by atoms with Gasteiger partial charge in [0.05, 0.1) is 0 Å². The van der Waals surface area contributed by atoms with Crippen molar-refractivity contribution in [1.29, 1.82) is 0 Å². The van der Waals surface area contributed by atoms with Crippen LogP contribution in [0.3, 0.4) is 0 Å². The molecule has 1 atom stereocenters. The molecule has 0 heterocycles. The van der Waals surface area contributed by atoms with E-state index in [4.69, 9.17) is 0 Å². The average molecular weight is 200 g/mol. The topological polar surface area (TPSA) is 20.2 Å². The lowest BCUT2D eigenvalue weighted by atomic mass is 9.83. The van der Waals surface area contributed by atoms with E-state index in [2.05, 4.69) is 24.3 Å². The zero-order valence-corrected chi connectivity index (χ0v) is 8.87. The van der Waals surface area contributed by atoms with Crippen LogP contribution in [0.5, 0.6) is 0 Å². The standard InChI is InChI=1S/C14H16O/c15-9-12-6-3-5-11-8-10-4-1-2-7-13(10)14(11)12/h1-2,4,7,12,15H,3,5-6,8-9H2. The van der Waals surface area contributed by atoms with Gasteiger partial charge in [-0.15, -0.1) is 0 Å². The Morgan fingerprint density at radius 2 is 2.13 bits per heavy atom. The number of hydrogen-bond donors (Lipinski definition) is 1. The second-order valence-electron chi connectivity index (χ2n) is 4.62. The molecule has 0 saturated carbocycles. The maximum atomic E-state index is 9.43. The molecule has 0 fully saturated rings. The maximum absolute atomic E-state index is 9.43. The Balaban J connectivity index is 2.09. The van der Waals surface area contributed by atoms with Crippen LogP contribution in [0.4, 0.5) is 0 Å². The van der Waals surface area contributed by atoms with E-state index >= 15 is 0 Å². The third kappa shape index (κ3) is 1.34. The van der Waals surface area contributed by atoms with Crippen molar-refractivity contribution < 1.29 is 5.11 Å². The normalized spacial score (nSPS) is 23.9. The number of benzene rings is 1. The van der Waals surface area contributed by atoms with Gasteiger partial charge in [-0.05, 0) is 42.4 Å². The van der Waals surface area contributed by atoms with Crippen molar-refractivity contribution >= 4 is 5.57 Å². The molecule has 0 bridgehead atoms. The second-order valence-corrected chi connectivity index (χ2v) is 4.62. The molecule has 1 aromatic rings. The van der Waals surface area contributed by atoms with Gasteiger partial charge in [0, 0.05) is 12.5 Å². The molecule has 0 radical (unpaired) electrons. The van der Waals surface area contributed by atoms with Crippen molar-refractivity contribution in [2.75, 3.05) is 6.61 Å². The molecule has 1 unspecified atom stereocenters. The van der Waals surface area contributed by atoms with E-state index in [9.17, 15) is 5.11 Å². The molecule has 0 aliphatic heterocycles. The summed E-state index contributed by atoms with van der Waals surface area (Å²) in [5.74, 6) is 0.400. The Kier molecular flexibility index (Phi) is 2.14. The van der Waals surface area contributed by atoms with Gasteiger partial charge in [-0.3, -0.25) is 0 Å². The second kappa shape index (κ2) is 3.49. The Morgan fingerprint density at radius 3 is 3.00 bits per heavy atom. The van der Waals surface area contributed by atoms with Crippen LogP contribution in [0.1, 0.15) is 30.4 Å². The molecule has 0 amide bonds. The summed E-state index contributed by atoms with van der Waals surface area (Å²) < 4.78 is 0. The lowest BCUT2D eigenvalue weighted by Crippen LogP contribution is -2.13. The summed E-state index contributed by atoms with van der Waals surface area (Å²) in [7, 11) is 0. The SMILES string of the molecule is OCC1CCCC2=C1c1ccccc1C2. The third-order valence-electron chi connectivity index (χ3n) is 3.75. The lowest BCUT2D eigenvalue weighted by molar-refractivity contribution is 0.246. The van der Waals surface area contributed by atoms with Gasteiger partial charge in [0.25, 0.3) is 0 Å². The maximum Gasteiger partial charge on any atom is 0.0499 e. The van der Waals surface area contributed by atoms with Gasteiger partial charge < -0.3 is 5.11 Å². The lowest BCUT2D eigenvalue weighted by Gasteiger charge is -2.23. The summed E-state index contributed by atoms with van der Waals surface area (Å²) >= 11 is 0. The zero-order chi connectivity index (χ0) is 10.3. The minimum atomic E-state index is 0.313. The Hall–Kier alpha value is -1.08. The summed E-state index contributed by atoms with van der Waals surface area (Å²) in [6.45, 7) is 0.313. The van der Waals surface area contributed by atoms with Gasteiger partial charge in [0.15, 0.2) is 0 Å². The molecule has 0 spiro atoms. The molecule has 2 aliphatic rings. The summed E-state index contributed by atoms with van der Waals surface area (Å²) in [6, 6.07) is 8.66. The molecular weight excluding hydrogens is 184 g/mol. The first-order valence-electron chi connectivity index (χ1n) is 5.81. The average Bonchev–Trinajstić information content (AvgIpc) is 2.67. The van der Waals surface area contributed by atoms with Crippen LogP contribution >= 0.6 is 0 Å².